The molecule has 1 aromatic carbocycles. The van der Waals surface area contributed by atoms with Gasteiger partial charge >= 0.3 is 0 Å². The number of benzene rings is 1. The minimum atomic E-state index is -3.36. The van der Waals surface area contributed by atoms with Crippen LogP contribution in [0.4, 0.5) is 0 Å². The Morgan fingerprint density at radius 1 is 1.15 bits per heavy atom. The summed E-state index contributed by atoms with van der Waals surface area (Å²) in [6.07, 6.45) is 3.77. The first kappa shape index (κ1) is 17.5. The second-order valence-corrected chi connectivity index (χ2v) is 7.24. The molecule has 0 heterocycles. The summed E-state index contributed by atoms with van der Waals surface area (Å²) in [6, 6.07) is 7.12. The lowest BCUT2D eigenvalue weighted by atomic mass is 10.1. The summed E-state index contributed by atoms with van der Waals surface area (Å²) >= 11 is 1.72. The van der Waals surface area contributed by atoms with Crippen molar-refractivity contribution in [2.24, 2.45) is 0 Å². The number of rotatable bonds is 10. The van der Waals surface area contributed by atoms with Gasteiger partial charge in [-0.3, -0.25) is 0 Å². The van der Waals surface area contributed by atoms with Crippen LogP contribution in [-0.2, 0) is 16.4 Å². The number of hydrogen-bond donors (Lipinski definition) is 2. The molecule has 0 unspecified atom stereocenters. The van der Waals surface area contributed by atoms with E-state index in [1.165, 1.54) is 0 Å². The average Bonchev–Trinajstić information content (AvgIpc) is 2.45. The van der Waals surface area contributed by atoms with Crippen LogP contribution in [0.2, 0.25) is 0 Å². The van der Waals surface area contributed by atoms with Gasteiger partial charge in [-0.1, -0.05) is 19.1 Å². The van der Waals surface area contributed by atoms with Crippen LogP contribution in [0.25, 0.3) is 0 Å². The first-order valence-electron chi connectivity index (χ1n) is 6.88. The third-order valence-corrected chi connectivity index (χ3v) is 5.07. The summed E-state index contributed by atoms with van der Waals surface area (Å²) in [6.45, 7) is 4.42. The third kappa shape index (κ3) is 6.26. The fourth-order valence-corrected chi connectivity index (χ4v) is 3.26. The van der Waals surface area contributed by atoms with Crippen molar-refractivity contribution in [2.75, 3.05) is 31.6 Å². The van der Waals surface area contributed by atoms with E-state index in [-0.39, 0.29) is 0 Å². The summed E-state index contributed by atoms with van der Waals surface area (Å²) < 4.78 is 26.7. The number of likely N-dealkylation sites (N-methyl/N-ethyl adjacent to an activating group) is 1. The predicted molar refractivity (Wildman–Crippen MR) is 86.9 cm³/mol. The fraction of sp³-hybridized carbons (Fsp3) is 0.571. The van der Waals surface area contributed by atoms with Crippen molar-refractivity contribution in [2.45, 2.75) is 24.7 Å². The van der Waals surface area contributed by atoms with Crippen molar-refractivity contribution in [3.63, 3.8) is 0 Å². The van der Waals surface area contributed by atoms with Crippen molar-refractivity contribution >= 4 is 21.8 Å². The maximum atomic E-state index is 12.0. The minimum absolute atomic E-state index is 0.342. The Labute approximate surface area is 126 Å². The van der Waals surface area contributed by atoms with E-state index in [4.69, 9.17) is 0 Å². The molecular formula is C14H24N2O2S2. The van der Waals surface area contributed by atoms with Crippen LogP contribution in [0.1, 0.15) is 18.9 Å². The van der Waals surface area contributed by atoms with E-state index in [9.17, 15) is 8.42 Å². The normalized spacial score (nSPS) is 11.7. The van der Waals surface area contributed by atoms with Crippen LogP contribution in [0.3, 0.4) is 0 Å². The number of nitrogens with one attached hydrogen (secondary N) is 2. The topological polar surface area (TPSA) is 58.2 Å². The van der Waals surface area contributed by atoms with Crippen molar-refractivity contribution in [1.29, 1.82) is 0 Å². The molecule has 6 heteroatoms. The Balaban J connectivity index is 2.53. The minimum Gasteiger partial charge on any atom is -0.317 e. The lowest BCUT2D eigenvalue weighted by Gasteiger charge is -2.07. The van der Waals surface area contributed by atoms with Gasteiger partial charge in [0.1, 0.15) is 0 Å². The smallest absolute Gasteiger partial charge is 0.240 e. The van der Waals surface area contributed by atoms with Crippen LogP contribution in [0, 0.1) is 0 Å². The lowest BCUT2D eigenvalue weighted by molar-refractivity contribution is 0.581. The molecule has 0 amide bonds. The van der Waals surface area contributed by atoms with Gasteiger partial charge in [0.2, 0.25) is 10.0 Å². The zero-order valence-corrected chi connectivity index (χ0v) is 13.8. The number of thioether (sulfide) groups is 1. The highest BCUT2D eigenvalue weighted by Crippen LogP contribution is 2.11. The van der Waals surface area contributed by atoms with Crippen LogP contribution in [0.15, 0.2) is 29.2 Å². The Morgan fingerprint density at radius 3 is 2.45 bits per heavy atom. The summed E-state index contributed by atoms with van der Waals surface area (Å²) in [5, 5.41) is 3.25. The van der Waals surface area contributed by atoms with Gasteiger partial charge in [0.15, 0.2) is 0 Å². The lowest BCUT2D eigenvalue weighted by Crippen LogP contribution is -2.25. The Kier molecular flexibility index (Phi) is 8.21. The van der Waals surface area contributed by atoms with Crippen LogP contribution < -0.4 is 10.0 Å². The molecule has 0 aromatic heterocycles. The standard InChI is InChI=1S/C14H24N2O2S2/c1-3-15-11-9-13-5-7-14(8-6-13)20(17,18)16-10-4-12-19-2/h5-8,15-16H,3-4,9-12H2,1-2H3. The second-order valence-electron chi connectivity index (χ2n) is 4.49. The molecule has 0 aliphatic heterocycles. The van der Waals surface area contributed by atoms with E-state index in [1.807, 2.05) is 18.4 Å². The molecule has 0 saturated heterocycles. The van der Waals surface area contributed by atoms with Gasteiger partial charge in [-0.05, 0) is 55.6 Å². The molecule has 0 radical (unpaired) electrons. The van der Waals surface area contributed by atoms with Gasteiger partial charge in [-0.2, -0.15) is 11.8 Å². The van der Waals surface area contributed by atoms with Gasteiger partial charge in [0.05, 0.1) is 4.90 Å². The SMILES string of the molecule is CCNCCc1ccc(S(=O)(=O)NCCCSC)cc1. The van der Waals surface area contributed by atoms with E-state index in [1.54, 1.807) is 23.9 Å². The molecule has 0 fully saturated rings. The molecule has 0 saturated carbocycles. The van der Waals surface area contributed by atoms with Gasteiger partial charge in [-0.15, -0.1) is 0 Å². The summed E-state index contributed by atoms with van der Waals surface area (Å²) in [4.78, 5) is 0.342. The third-order valence-electron chi connectivity index (χ3n) is 2.89. The van der Waals surface area contributed by atoms with Gasteiger partial charge in [-0.25, -0.2) is 13.1 Å². The molecule has 2 N–H and O–H groups in total. The first-order valence-corrected chi connectivity index (χ1v) is 9.76. The zero-order chi connectivity index (χ0) is 14.8. The fourth-order valence-electron chi connectivity index (χ4n) is 1.75. The zero-order valence-electron chi connectivity index (χ0n) is 12.2. The molecule has 20 heavy (non-hydrogen) atoms. The predicted octanol–water partition coefficient (Wildman–Crippen LogP) is 1.87. The molecule has 1 rings (SSSR count). The van der Waals surface area contributed by atoms with Crippen molar-refractivity contribution < 1.29 is 8.42 Å². The van der Waals surface area contributed by atoms with Crippen molar-refractivity contribution in [1.82, 2.24) is 10.0 Å². The number of sulfonamides is 1. The molecule has 114 valence electrons. The molecule has 1 aromatic rings. The first-order chi connectivity index (χ1) is 9.60. The van der Waals surface area contributed by atoms with E-state index in [0.29, 0.717) is 11.4 Å². The van der Waals surface area contributed by atoms with Crippen molar-refractivity contribution in [3.05, 3.63) is 29.8 Å². The Bertz CT molecular complexity index is 472. The quantitative estimate of drug-likeness (QED) is 0.647. The van der Waals surface area contributed by atoms with Gasteiger partial charge in [0.25, 0.3) is 0 Å². The van der Waals surface area contributed by atoms with Crippen LogP contribution in [-0.4, -0.2) is 40.1 Å². The maximum Gasteiger partial charge on any atom is 0.240 e. The molecule has 0 bridgehead atoms. The average molecular weight is 316 g/mol. The Hall–Kier alpha value is -0.560. The van der Waals surface area contributed by atoms with E-state index in [2.05, 4.69) is 17.0 Å². The summed E-state index contributed by atoms with van der Waals surface area (Å²) in [5.74, 6) is 0.964. The highest BCUT2D eigenvalue weighted by molar-refractivity contribution is 7.98. The monoisotopic (exact) mass is 316 g/mol. The maximum absolute atomic E-state index is 12.0. The van der Waals surface area contributed by atoms with E-state index in [0.717, 1.165) is 37.2 Å². The summed E-state index contributed by atoms with van der Waals surface area (Å²) in [5.41, 5.74) is 1.15. The molecule has 0 aliphatic rings. The van der Waals surface area contributed by atoms with Crippen molar-refractivity contribution in [3.8, 4) is 0 Å². The second kappa shape index (κ2) is 9.39. The number of hydrogen-bond acceptors (Lipinski definition) is 4. The highest BCUT2D eigenvalue weighted by atomic mass is 32.2. The van der Waals surface area contributed by atoms with Gasteiger partial charge in [0, 0.05) is 6.54 Å². The van der Waals surface area contributed by atoms with Crippen LogP contribution >= 0.6 is 11.8 Å². The van der Waals surface area contributed by atoms with Crippen LogP contribution in [0.5, 0.6) is 0 Å². The molecule has 0 atom stereocenters. The van der Waals surface area contributed by atoms with Gasteiger partial charge < -0.3 is 5.32 Å². The summed E-state index contributed by atoms with van der Waals surface area (Å²) in [7, 11) is -3.36. The van der Waals surface area contributed by atoms with E-state index >= 15 is 0 Å². The Morgan fingerprint density at radius 2 is 1.85 bits per heavy atom. The molecule has 0 spiro atoms. The molecule has 0 aliphatic carbocycles. The van der Waals surface area contributed by atoms with E-state index < -0.39 is 10.0 Å². The molecular weight excluding hydrogens is 292 g/mol. The molecule has 4 nitrogen and oxygen atoms in total. The largest absolute Gasteiger partial charge is 0.317 e. The highest BCUT2D eigenvalue weighted by Gasteiger charge is 2.12.